The van der Waals surface area contributed by atoms with Gasteiger partial charge in [-0.1, -0.05) is 0 Å². The second kappa shape index (κ2) is 4.16. The van der Waals surface area contributed by atoms with Crippen LogP contribution in [0.25, 0.3) is 0 Å². The molecule has 3 nitrogen and oxygen atoms in total. The predicted molar refractivity (Wildman–Crippen MR) is 44.7 cm³/mol. The zero-order valence-corrected chi connectivity index (χ0v) is 7.90. The highest BCUT2D eigenvalue weighted by Crippen LogP contribution is 2.23. The minimum absolute atomic E-state index is 0.327. The average molecular weight is 210 g/mol. The van der Waals surface area contributed by atoms with Crippen LogP contribution in [-0.4, -0.2) is 43.2 Å². The number of carbonyl (C=O) groups is 1. The van der Waals surface area contributed by atoms with E-state index in [2.05, 4.69) is 5.32 Å². The molecule has 1 rings (SSSR count). The number of carbonyl (C=O) groups excluding carboxylic acids is 1. The van der Waals surface area contributed by atoms with Crippen molar-refractivity contribution in [2.24, 2.45) is 0 Å². The molecule has 0 bridgehead atoms. The fourth-order valence-electron chi connectivity index (χ4n) is 1.71. The minimum atomic E-state index is -4.23. The van der Waals surface area contributed by atoms with Crippen molar-refractivity contribution in [3.8, 4) is 0 Å². The van der Waals surface area contributed by atoms with Gasteiger partial charge in [0.15, 0.2) is 0 Å². The number of likely N-dealkylation sites (N-methyl/N-ethyl adjacent to an activating group) is 1. The highest BCUT2D eigenvalue weighted by atomic mass is 19.4. The van der Waals surface area contributed by atoms with Gasteiger partial charge < -0.3 is 5.32 Å². The monoisotopic (exact) mass is 210 g/mol. The van der Waals surface area contributed by atoms with Crippen LogP contribution in [-0.2, 0) is 4.79 Å². The van der Waals surface area contributed by atoms with Crippen molar-refractivity contribution in [2.45, 2.75) is 25.1 Å². The zero-order valence-electron chi connectivity index (χ0n) is 7.90. The second-order valence-corrected chi connectivity index (χ2v) is 3.36. The number of likely N-dealkylation sites (tertiary alicyclic amines) is 1. The third kappa shape index (κ3) is 2.87. The van der Waals surface area contributed by atoms with E-state index in [-0.39, 0.29) is 5.91 Å². The van der Waals surface area contributed by atoms with Gasteiger partial charge in [0.1, 0.15) is 0 Å². The van der Waals surface area contributed by atoms with Crippen molar-refractivity contribution in [3.63, 3.8) is 0 Å². The molecule has 0 aliphatic carbocycles. The summed E-state index contributed by atoms with van der Waals surface area (Å²) in [4.78, 5) is 12.4. The van der Waals surface area contributed by atoms with Gasteiger partial charge in [0.05, 0.1) is 12.6 Å². The lowest BCUT2D eigenvalue weighted by molar-refractivity contribution is -0.151. The summed E-state index contributed by atoms with van der Waals surface area (Å²) < 4.78 is 36.2. The second-order valence-electron chi connectivity index (χ2n) is 3.36. The van der Waals surface area contributed by atoms with Crippen molar-refractivity contribution in [3.05, 3.63) is 0 Å². The first-order chi connectivity index (χ1) is 6.44. The third-order valence-corrected chi connectivity index (χ3v) is 2.30. The van der Waals surface area contributed by atoms with Gasteiger partial charge in [-0.3, -0.25) is 9.69 Å². The van der Waals surface area contributed by atoms with Gasteiger partial charge in [0.25, 0.3) is 0 Å². The van der Waals surface area contributed by atoms with E-state index < -0.39 is 18.8 Å². The molecule has 1 amide bonds. The summed E-state index contributed by atoms with van der Waals surface area (Å²) in [6.07, 6.45) is -3.07. The van der Waals surface area contributed by atoms with E-state index in [4.69, 9.17) is 0 Å². The molecule has 6 heteroatoms. The van der Waals surface area contributed by atoms with Crippen molar-refractivity contribution in [2.75, 3.05) is 20.1 Å². The molecule has 0 unspecified atom stereocenters. The third-order valence-electron chi connectivity index (χ3n) is 2.30. The summed E-state index contributed by atoms with van der Waals surface area (Å²) in [6, 6.07) is -0.610. The first-order valence-electron chi connectivity index (χ1n) is 4.46. The Morgan fingerprint density at radius 2 is 2.21 bits per heavy atom. The Kier molecular flexibility index (Phi) is 3.36. The number of alkyl halides is 3. The lowest BCUT2D eigenvalue weighted by Gasteiger charge is -2.23. The molecule has 0 aromatic carbocycles. The van der Waals surface area contributed by atoms with E-state index in [1.807, 2.05) is 0 Å². The van der Waals surface area contributed by atoms with E-state index in [1.165, 1.54) is 11.9 Å². The number of halogens is 3. The number of hydrogen-bond acceptors (Lipinski definition) is 2. The van der Waals surface area contributed by atoms with Crippen LogP contribution in [0.5, 0.6) is 0 Å². The molecule has 82 valence electrons. The predicted octanol–water partition coefficient (Wildman–Crippen LogP) is 0.759. The summed E-state index contributed by atoms with van der Waals surface area (Å²) in [5.74, 6) is -0.327. The standard InChI is InChI=1S/C8H13F3N2O/c1-12-7(14)6-3-2-4-13(6)5-8(9,10)11/h6H,2-5H2,1H3,(H,12,14)/t6-/m0/s1. The molecule has 0 radical (unpaired) electrons. The Labute approximate surface area is 80.3 Å². The number of nitrogens with zero attached hydrogens (tertiary/aromatic N) is 1. The van der Waals surface area contributed by atoms with Gasteiger partial charge in [-0.25, -0.2) is 0 Å². The summed E-state index contributed by atoms with van der Waals surface area (Å²) in [5.41, 5.74) is 0. The average Bonchev–Trinajstić information content (AvgIpc) is 2.48. The first-order valence-corrected chi connectivity index (χ1v) is 4.46. The van der Waals surface area contributed by atoms with Crippen LogP contribution >= 0.6 is 0 Å². The molecular weight excluding hydrogens is 197 g/mol. The van der Waals surface area contributed by atoms with Gasteiger partial charge in [-0.05, 0) is 19.4 Å². The van der Waals surface area contributed by atoms with Crippen LogP contribution in [0, 0.1) is 0 Å². The van der Waals surface area contributed by atoms with Crippen LogP contribution in [0.3, 0.4) is 0 Å². The number of hydrogen-bond donors (Lipinski definition) is 1. The normalized spacial score (nSPS) is 23.9. The Bertz CT molecular complexity index is 217. The maximum absolute atomic E-state index is 12.1. The van der Waals surface area contributed by atoms with Crippen molar-refractivity contribution < 1.29 is 18.0 Å². The van der Waals surface area contributed by atoms with Crippen LogP contribution in [0.1, 0.15) is 12.8 Å². The van der Waals surface area contributed by atoms with E-state index in [0.717, 1.165) is 0 Å². The molecule has 1 N–H and O–H groups in total. The summed E-state index contributed by atoms with van der Waals surface area (Å²) >= 11 is 0. The van der Waals surface area contributed by atoms with Crippen LogP contribution in [0.15, 0.2) is 0 Å². The molecule has 0 aromatic heterocycles. The zero-order chi connectivity index (χ0) is 10.8. The van der Waals surface area contributed by atoms with Crippen LogP contribution in [0.4, 0.5) is 13.2 Å². The van der Waals surface area contributed by atoms with E-state index >= 15 is 0 Å². The molecule has 0 aromatic rings. The quantitative estimate of drug-likeness (QED) is 0.729. The van der Waals surface area contributed by atoms with Gasteiger partial charge in [0.2, 0.25) is 5.91 Å². The van der Waals surface area contributed by atoms with Gasteiger partial charge in [-0.2, -0.15) is 13.2 Å². The number of rotatable bonds is 2. The molecule has 1 heterocycles. The highest BCUT2D eigenvalue weighted by molar-refractivity contribution is 5.81. The van der Waals surface area contributed by atoms with Gasteiger partial charge in [-0.15, -0.1) is 0 Å². The van der Waals surface area contributed by atoms with E-state index in [1.54, 1.807) is 0 Å². The van der Waals surface area contributed by atoms with Gasteiger partial charge >= 0.3 is 6.18 Å². The summed E-state index contributed by atoms with van der Waals surface area (Å²) in [7, 11) is 1.44. The molecule has 14 heavy (non-hydrogen) atoms. The summed E-state index contributed by atoms with van der Waals surface area (Å²) in [6.45, 7) is -0.650. The van der Waals surface area contributed by atoms with Crippen LogP contribution in [0.2, 0.25) is 0 Å². The Morgan fingerprint density at radius 3 is 2.71 bits per heavy atom. The lowest BCUT2D eigenvalue weighted by Crippen LogP contribution is -2.45. The fraction of sp³-hybridized carbons (Fsp3) is 0.875. The SMILES string of the molecule is CNC(=O)[C@@H]1CCCN1CC(F)(F)F. The Hall–Kier alpha value is -0.780. The molecule has 0 saturated carbocycles. The molecule has 1 atom stereocenters. The number of amides is 1. The topological polar surface area (TPSA) is 32.3 Å². The smallest absolute Gasteiger partial charge is 0.358 e. The van der Waals surface area contributed by atoms with Crippen molar-refractivity contribution >= 4 is 5.91 Å². The van der Waals surface area contributed by atoms with E-state index in [9.17, 15) is 18.0 Å². The maximum Gasteiger partial charge on any atom is 0.401 e. The minimum Gasteiger partial charge on any atom is -0.358 e. The molecule has 1 aliphatic heterocycles. The maximum atomic E-state index is 12.1. The largest absolute Gasteiger partial charge is 0.401 e. The highest BCUT2D eigenvalue weighted by Gasteiger charge is 2.38. The lowest BCUT2D eigenvalue weighted by atomic mass is 10.2. The van der Waals surface area contributed by atoms with E-state index in [0.29, 0.717) is 19.4 Å². The molecule has 1 fully saturated rings. The Balaban J connectivity index is 2.56. The molecule has 1 aliphatic rings. The van der Waals surface area contributed by atoms with Gasteiger partial charge in [0, 0.05) is 7.05 Å². The Morgan fingerprint density at radius 1 is 1.57 bits per heavy atom. The molecule has 0 spiro atoms. The molecule has 1 saturated heterocycles. The summed E-state index contributed by atoms with van der Waals surface area (Å²) in [5, 5.41) is 2.37. The fourth-order valence-corrected chi connectivity index (χ4v) is 1.71. The van der Waals surface area contributed by atoms with Crippen molar-refractivity contribution in [1.29, 1.82) is 0 Å². The molecular formula is C8H13F3N2O. The number of nitrogens with one attached hydrogen (secondary N) is 1. The van der Waals surface area contributed by atoms with Crippen molar-refractivity contribution in [1.82, 2.24) is 10.2 Å². The first kappa shape index (κ1) is 11.3. The van der Waals surface area contributed by atoms with Crippen LogP contribution < -0.4 is 5.32 Å².